The fraction of sp³-hybridized carbons (Fsp3) is 0.200. The van der Waals surface area contributed by atoms with Crippen LogP contribution < -0.4 is 5.73 Å². The zero-order valence-electron chi connectivity index (χ0n) is 7.66. The summed E-state index contributed by atoms with van der Waals surface area (Å²) in [5, 5.41) is 0.495. The number of hydrogen-bond donors (Lipinski definition) is 1. The lowest BCUT2D eigenvalue weighted by molar-refractivity contribution is 0.554. The third kappa shape index (κ3) is 1.61. The molecule has 0 radical (unpaired) electrons. The Labute approximate surface area is 87.3 Å². The minimum Gasteiger partial charge on any atom is -0.461 e. The van der Waals surface area contributed by atoms with Crippen molar-refractivity contribution in [3.8, 4) is 0 Å². The summed E-state index contributed by atoms with van der Waals surface area (Å²) in [6.07, 6.45) is 1.11. The molecule has 1 aromatic carbocycles. The number of hydrogen-bond acceptors (Lipinski definition) is 2. The zero-order chi connectivity index (χ0) is 9.42. The molecule has 0 bridgehead atoms. The normalized spacial score (nSPS) is 12.5. The molecule has 2 N–H and O–H groups in total. The summed E-state index contributed by atoms with van der Waals surface area (Å²) >= 11 is 0. The first-order chi connectivity index (χ1) is 6.20. The van der Waals surface area contributed by atoms with Crippen LogP contribution in [0.4, 0.5) is 4.39 Å². The molecule has 1 unspecified atom stereocenters. The van der Waals surface area contributed by atoms with Crippen LogP contribution in [0.25, 0.3) is 11.0 Å². The molecule has 0 saturated heterocycles. The predicted octanol–water partition coefficient (Wildman–Crippen LogP) is 3.01. The highest BCUT2D eigenvalue weighted by atomic mass is 35.5. The summed E-state index contributed by atoms with van der Waals surface area (Å²) in [7, 11) is 0. The second-order valence-electron chi connectivity index (χ2n) is 3.10. The Morgan fingerprint density at radius 2 is 2.14 bits per heavy atom. The smallest absolute Gasteiger partial charge is 0.169 e. The van der Waals surface area contributed by atoms with E-state index >= 15 is 0 Å². The highest BCUT2D eigenvalue weighted by molar-refractivity contribution is 5.85. The topological polar surface area (TPSA) is 39.2 Å². The molecule has 2 aromatic rings. The highest BCUT2D eigenvalue weighted by Gasteiger charge is 2.11. The molecule has 0 aliphatic rings. The van der Waals surface area contributed by atoms with Gasteiger partial charge in [-0.25, -0.2) is 4.39 Å². The van der Waals surface area contributed by atoms with Gasteiger partial charge in [-0.15, -0.1) is 12.4 Å². The monoisotopic (exact) mass is 215 g/mol. The van der Waals surface area contributed by atoms with Crippen LogP contribution in [-0.4, -0.2) is 0 Å². The Morgan fingerprint density at radius 3 is 2.79 bits per heavy atom. The number of para-hydroxylation sites is 1. The van der Waals surface area contributed by atoms with Gasteiger partial charge < -0.3 is 10.2 Å². The first kappa shape index (κ1) is 11.0. The van der Waals surface area contributed by atoms with Crippen molar-refractivity contribution < 1.29 is 8.81 Å². The molecule has 2 rings (SSSR count). The van der Waals surface area contributed by atoms with Gasteiger partial charge in [0.05, 0.1) is 5.39 Å². The molecule has 1 heterocycles. The largest absolute Gasteiger partial charge is 0.461 e. The molecule has 4 heteroatoms. The minimum absolute atomic E-state index is 0. The van der Waals surface area contributed by atoms with Gasteiger partial charge in [0.25, 0.3) is 0 Å². The Hall–Kier alpha value is -1.06. The van der Waals surface area contributed by atoms with Crippen LogP contribution in [-0.2, 0) is 0 Å². The second-order valence-corrected chi connectivity index (χ2v) is 3.10. The number of benzene rings is 1. The van der Waals surface area contributed by atoms with E-state index in [1.165, 1.54) is 0 Å². The van der Waals surface area contributed by atoms with E-state index in [-0.39, 0.29) is 24.3 Å². The lowest BCUT2D eigenvalue weighted by atomic mass is 10.1. The second kappa shape index (κ2) is 3.98. The summed E-state index contributed by atoms with van der Waals surface area (Å²) in [5.74, 6) is -0.336. The van der Waals surface area contributed by atoms with Crippen molar-refractivity contribution in [3.63, 3.8) is 0 Å². The molecular formula is C10H11ClFNO. The highest BCUT2D eigenvalue weighted by Crippen LogP contribution is 2.26. The van der Waals surface area contributed by atoms with Gasteiger partial charge in [0.2, 0.25) is 0 Å². The van der Waals surface area contributed by atoms with Crippen LogP contribution in [0.2, 0.25) is 0 Å². The summed E-state index contributed by atoms with van der Waals surface area (Å²) < 4.78 is 18.1. The predicted molar refractivity (Wildman–Crippen MR) is 56.0 cm³/mol. The van der Waals surface area contributed by atoms with E-state index in [4.69, 9.17) is 10.2 Å². The standard InChI is InChI=1S/C10H10FNO.ClH/c1-6(12)7-3-2-4-8-9(11)5-13-10(7)8;/h2-6H,12H2,1H3;1H. The zero-order valence-corrected chi connectivity index (χ0v) is 8.48. The molecule has 1 aromatic heterocycles. The number of furan rings is 1. The maximum Gasteiger partial charge on any atom is 0.169 e. The van der Waals surface area contributed by atoms with Gasteiger partial charge >= 0.3 is 0 Å². The molecule has 0 spiro atoms. The van der Waals surface area contributed by atoms with Gasteiger partial charge in [-0.2, -0.15) is 0 Å². The van der Waals surface area contributed by atoms with Crippen molar-refractivity contribution in [2.75, 3.05) is 0 Å². The van der Waals surface area contributed by atoms with Crippen molar-refractivity contribution in [2.24, 2.45) is 5.73 Å². The van der Waals surface area contributed by atoms with Crippen molar-refractivity contribution in [1.82, 2.24) is 0 Å². The van der Waals surface area contributed by atoms with Crippen molar-refractivity contribution in [3.05, 3.63) is 35.8 Å². The van der Waals surface area contributed by atoms with Crippen LogP contribution in [0.15, 0.2) is 28.9 Å². The molecule has 0 aliphatic carbocycles. The first-order valence-electron chi connectivity index (χ1n) is 4.11. The molecule has 0 saturated carbocycles. The third-order valence-corrected chi connectivity index (χ3v) is 2.07. The van der Waals surface area contributed by atoms with E-state index in [1.807, 2.05) is 13.0 Å². The number of halogens is 2. The van der Waals surface area contributed by atoms with Gasteiger partial charge in [0.1, 0.15) is 11.8 Å². The van der Waals surface area contributed by atoms with Crippen molar-refractivity contribution >= 4 is 23.4 Å². The van der Waals surface area contributed by atoms with Crippen LogP contribution in [0, 0.1) is 5.82 Å². The van der Waals surface area contributed by atoms with Gasteiger partial charge in [0.15, 0.2) is 5.82 Å². The SMILES string of the molecule is CC(N)c1cccc2c(F)coc12.Cl. The van der Waals surface area contributed by atoms with E-state index in [0.717, 1.165) is 11.8 Å². The van der Waals surface area contributed by atoms with Gasteiger partial charge in [-0.1, -0.05) is 12.1 Å². The van der Waals surface area contributed by atoms with E-state index < -0.39 is 0 Å². The maximum atomic E-state index is 13.1. The summed E-state index contributed by atoms with van der Waals surface area (Å²) in [6, 6.07) is 5.16. The minimum atomic E-state index is -0.336. The Balaban J connectivity index is 0.000000980. The lowest BCUT2D eigenvalue weighted by Gasteiger charge is -2.04. The van der Waals surface area contributed by atoms with Gasteiger partial charge in [-0.05, 0) is 13.0 Å². The number of nitrogens with two attached hydrogens (primary N) is 1. The van der Waals surface area contributed by atoms with E-state index in [1.54, 1.807) is 12.1 Å². The van der Waals surface area contributed by atoms with Crippen LogP contribution in [0.1, 0.15) is 18.5 Å². The molecule has 0 fully saturated rings. The van der Waals surface area contributed by atoms with Gasteiger partial charge in [0, 0.05) is 11.6 Å². The van der Waals surface area contributed by atoms with E-state index in [0.29, 0.717) is 11.0 Å². The summed E-state index contributed by atoms with van der Waals surface area (Å²) in [4.78, 5) is 0. The molecule has 14 heavy (non-hydrogen) atoms. The maximum absolute atomic E-state index is 13.1. The number of fused-ring (bicyclic) bond motifs is 1. The fourth-order valence-electron chi connectivity index (χ4n) is 1.41. The molecular weight excluding hydrogens is 205 g/mol. The summed E-state index contributed by atoms with van der Waals surface area (Å²) in [5.41, 5.74) is 7.09. The summed E-state index contributed by atoms with van der Waals surface area (Å²) in [6.45, 7) is 1.84. The van der Waals surface area contributed by atoms with Crippen LogP contribution in [0.5, 0.6) is 0 Å². The molecule has 1 atom stereocenters. The Morgan fingerprint density at radius 1 is 1.43 bits per heavy atom. The number of rotatable bonds is 1. The van der Waals surface area contributed by atoms with E-state index in [9.17, 15) is 4.39 Å². The quantitative estimate of drug-likeness (QED) is 0.794. The lowest BCUT2D eigenvalue weighted by Crippen LogP contribution is -2.04. The Kier molecular flexibility index (Phi) is 3.13. The third-order valence-electron chi connectivity index (χ3n) is 2.07. The van der Waals surface area contributed by atoms with Crippen LogP contribution >= 0.6 is 12.4 Å². The molecule has 0 aliphatic heterocycles. The average Bonchev–Trinajstić information content (AvgIpc) is 2.48. The van der Waals surface area contributed by atoms with Crippen LogP contribution in [0.3, 0.4) is 0 Å². The van der Waals surface area contributed by atoms with Crippen molar-refractivity contribution in [2.45, 2.75) is 13.0 Å². The fourth-order valence-corrected chi connectivity index (χ4v) is 1.41. The average molecular weight is 216 g/mol. The van der Waals surface area contributed by atoms with Gasteiger partial charge in [-0.3, -0.25) is 0 Å². The van der Waals surface area contributed by atoms with Crippen molar-refractivity contribution in [1.29, 1.82) is 0 Å². The Bertz CT molecular complexity index is 439. The van der Waals surface area contributed by atoms with E-state index in [2.05, 4.69) is 0 Å². The molecule has 0 amide bonds. The molecule has 76 valence electrons. The first-order valence-corrected chi connectivity index (χ1v) is 4.11. The molecule has 2 nitrogen and oxygen atoms in total.